The zero-order valence-corrected chi connectivity index (χ0v) is 10.3. The molecule has 7 heteroatoms. The number of ether oxygens (including phenoxy) is 1. The summed E-state index contributed by atoms with van der Waals surface area (Å²) in [6.45, 7) is 1.16. The van der Waals surface area contributed by atoms with E-state index in [1.165, 1.54) is 0 Å². The number of rotatable bonds is 3. The van der Waals surface area contributed by atoms with Crippen molar-refractivity contribution in [2.24, 2.45) is 12.8 Å². The van der Waals surface area contributed by atoms with Crippen molar-refractivity contribution >= 4 is 5.91 Å². The molecule has 100 valence electrons. The number of amides is 1. The van der Waals surface area contributed by atoms with Crippen molar-refractivity contribution in [3.63, 3.8) is 0 Å². The van der Waals surface area contributed by atoms with Crippen LogP contribution in [0.3, 0.4) is 0 Å². The number of hydrogen-bond donors (Lipinski definition) is 2. The Morgan fingerprint density at radius 1 is 1.78 bits per heavy atom. The minimum atomic E-state index is -0.745. The largest absolute Gasteiger partial charge is 0.394 e. The highest BCUT2D eigenvalue weighted by atomic mass is 16.5. The van der Waals surface area contributed by atoms with E-state index < -0.39 is 6.04 Å². The van der Waals surface area contributed by atoms with Crippen LogP contribution in [-0.2, 0) is 16.6 Å². The van der Waals surface area contributed by atoms with Crippen LogP contribution in [0.5, 0.6) is 0 Å². The van der Waals surface area contributed by atoms with Crippen LogP contribution < -0.4 is 5.73 Å². The lowest BCUT2D eigenvalue weighted by Gasteiger charge is -2.35. The van der Waals surface area contributed by atoms with Crippen molar-refractivity contribution in [2.75, 3.05) is 26.4 Å². The van der Waals surface area contributed by atoms with Crippen molar-refractivity contribution in [3.05, 3.63) is 18.0 Å². The van der Waals surface area contributed by atoms with Gasteiger partial charge in [-0.25, -0.2) is 0 Å². The Hall–Kier alpha value is -1.44. The van der Waals surface area contributed by atoms with Crippen molar-refractivity contribution < 1.29 is 14.6 Å². The van der Waals surface area contributed by atoms with Crippen molar-refractivity contribution in [1.82, 2.24) is 14.7 Å². The van der Waals surface area contributed by atoms with Crippen LogP contribution in [0.25, 0.3) is 0 Å². The highest BCUT2D eigenvalue weighted by Gasteiger charge is 2.31. The zero-order valence-electron chi connectivity index (χ0n) is 10.3. The number of aryl methyl sites for hydroxylation is 1. The number of morpholine rings is 1. The summed E-state index contributed by atoms with van der Waals surface area (Å²) in [5, 5.41) is 13.2. The maximum absolute atomic E-state index is 12.3. The summed E-state index contributed by atoms with van der Waals surface area (Å²) in [5.74, 6) is -0.203. The van der Waals surface area contributed by atoms with Gasteiger partial charge < -0.3 is 20.5 Å². The van der Waals surface area contributed by atoms with Gasteiger partial charge in [0.15, 0.2) is 0 Å². The van der Waals surface area contributed by atoms with Gasteiger partial charge >= 0.3 is 0 Å². The minimum Gasteiger partial charge on any atom is -0.394 e. The molecular weight excluding hydrogens is 236 g/mol. The van der Waals surface area contributed by atoms with Crippen molar-refractivity contribution in [1.29, 1.82) is 0 Å². The van der Waals surface area contributed by atoms with Gasteiger partial charge in [0.2, 0.25) is 5.91 Å². The van der Waals surface area contributed by atoms with Crippen molar-refractivity contribution in [2.45, 2.75) is 12.1 Å². The predicted octanol–water partition coefficient (Wildman–Crippen LogP) is -1.36. The first kappa shape index (κ1) is 13.0. The summed E-state index contributed by atoms with van der Waals surface area (Å²) >= 11 is 0. The van der Waals surface area contributed by atoms with Crippen molar-refractivity contribution in [3.8, 4) is 0 Å². The van der Waals surface area contributed by atoms with E-state index in [-0.39, 0.29) is 18.6 Å². The molecule has 1 aliphatic rings. The average molecular weight is 254 g/mol. The van der Waals surface area contributed by atoms with E-state index in [1.54, 1.807) is 29.0 Å². The third-order valence-electron chi connectivity index (χ3n) is 3.07. The molecule has 0 saturated carbocycles. The third-order valence-corrected chi connectivity index (χ3v) is 3.07. The van der Waals surface area contributed by atoms with E-state index in [4.69, 9.17) is 10.5 Å². The number of carbonyl (C=O) groups is 1. The van der Waals surface area contributed by atoms with E-state index in [1.807, 2.05) is 0 Å². The monoisotopic (exact) mass is 254 g/mol. The van der Waals surface area contributed by atoms with Crippen LogP contribution in [0.4, 0.5) is 0 Å². The second-order valence-corrected chi connectivity index (χ2v) is 4.37. The van der Waals surface area contributed by atoms with Crippen LogP contribution in [0.2, 0.25) is 0 Å². The molecule has 1 aromatic rings. The number of nitrogens with zero attached hydrogens (tertiary/aromatic N) is 3. The molecule has 1 fully saturated rings. The van der Waals surface area contributed by atoms with E-state index in [9.17, 15) is 9.90 Å². The van der Waals surface area contributed by atoms with Crippen LogP contribution in [0.15, 0.2) is 12.4 Å². The Labute approximate surface area is 105 Å². The first-order valence-electron chi connectivity index (χ1n) is 5.86. The standard InChI is InChI=1S/C11H18N4O3/c1-14-5-8(4-13-14)10(12)11(17)15-2-3-18-7-9(15)6-16/h4-5,9-10,16H,2-3,6-7,12H2,1H3. The lowest BCUT2D eigenvalue weighted by atomic mass is 10.1. The molecule has 1 saturated heterocycles. The summed E-state index contributed by atoms with van der Waals surface area (Å²) in [7, 11) is 1.77. The van der Waals surface area contributed by atoms with Gasteiger partial charge in [-0.3, -0.25) is 9.48 Å². The molecule has 1 aromatic heterocycles. The molecule has 0 radical (unpaired) electrons. The number of aromatic nitrogens is 2. The minimum absolute atomic E-state index is 0.120. The van der Waals surface area contributed by atoms with E-state index in [2.05, 4.69) is 5.10 Å². The van der Waals surface area contributed by atoms with Crippen LogP contribution in [0.1, 0.15) is 11.6 Å². The highest BCUT2D eigenvalue weighted by molar-refractivity contribution is 5.83. The third kappa shape index (κ3) is 2.53. The summed E-state index contributed by atoms with van der Waals surface area (Å²) in [5.41, 5.74) is 6.60. The Morgan fingerprint density at radius 2 is 2.56 bits per heavy atom. The van der Waals surface area contributed by atoms with Gasteiger partial charge in [0.1, 0.15) is 6.04 Å². The van der Waals surface area contributed by atoms with Gasteiger partial charge in [0.05, 0.1) is 32.1 Å². The summed E-state index contributed by atoms with van der Waals surface area (Å²) in [4.78, 5) is 13.9. The molecule has 0 aliphatic carbocycles. The normalized spacial score (nSPS) is 21.9. The van der Waals surface area contributed by atoms with Gasteiger partial charge in [-0.15, -0.1) is 0 Å². The summed E-state index contributed by atoms with van der Waals surface area (Å²) in [6.07, 6.45) is 3.30. The Balaban J connectivity index is 2.09. The number of hydrogen-bond acceptors (Lipinski definition) is 5. The number of aliphatic hydroxyl groups excluding tert-OH is 1. The van der Waals surface area contributed by atoms with Gasteiger partial charge in [0.25, 0.3) is 0 Å². The van der Waals surface area contributed by atoms with Gasteiger partial charge in [-0.05, 0) is 0 Å². The Kier molecular flexibility index (Phi) is 3.95. The fraction of sp³-hybridized carbons (Fsp3) is 0.636. The van der Waals surface area contributed by atoms with Gasteiger partial charge in [-0.2, -0.15) is 5.10 Å². The smallest absolute Gasteiger partial charge is 0.244 e. The highest BCUT2D eigenvalue weighted by Crippen LogP contribution is 2.16. The molecule has 1 aliphatic heterocycles. The first-order valence-corrected chi connectivity index (χ1v) is 5.86. The summed E-state index contributed by atoms with van der Waals surface area (Å²) in [6, 6.07) is -1.06. The lowest BCUT2D eigenvalue weighted by Crippen LogP contribution is -2.53. The lowest BCUT2D eigenvalue weighted by molar-refractivity contribution is -0.143. The predicted molar refractivity (Wildman–Crippen MR) is 63.5 cm³/mol. The Bertz CT molecular complexity index is 420. The molecule has 0 aromatic carbocycles. The summed E-state index contributed by atoms with van der Waals surface area (Å²) < 4.78 is 6.83. The van der Waals surface area contributed by atoms with Gasteiger partial charge in [0, 0.05) is 25.4 Å². The molecule has 0 spiro atoms. The number of aliphatic hydroxyl groups is 1. The molecular formula is C11H18N4O3. The van der Waals surface area contributed by atoms with Gasteiger partial charge in [-0.1, -0.05) is 0 Å². The second-order valence-electron chi connectivity index (χ2n) is 4.37. The molecule has 7 nitrogen and oxygen atoms in total. The maximum Gasteiger partial charge on any atom is 0.244 e. The molecule has 0 bridgehead atoms. The first-order chi connectivity index (χ1) is 8.63. The molecule has 2 rings (SSSR count). The number of nitrogens with two attached hydrogens (primary N) is 1. The molecule has 2 atom stereocenters. The zero-order chi connectivity index (χ0) is 13.1. The van der Waals surface area contributed by atoms with Crippen LogP contribution in [-0.4, -0.2) is 58.1 Å². The van der Waals surface area contributed by atoms with Crippen LogP contribution >= 0.6 is 0 Å². The molecule has 2 unspecified atom stereocenters. The molecule has 1 amide bonds. The van der Waals surface area contributed by atoms with E-state index >= 15 is 0 Å². The topological polar surface area (TPSA) is 93.6 Å². The fourth-order valence-electron chi connectivity index (χ4n) is 2.02. The quantitative estimate of drug-likeness (QED) is 0.695. The van der Waals surface area contributed by atoms with Crippen LogP contribution in [0, 0.1) is 0 Å². The SMILES string of the molecule is Cn1cc(C(N)C(=O)N2CCOCC2CO)cn1. The van der Waals surface area contributed by atoms with E-state index in [0.29, 0.717) is 25.3 Å². The second kappa shape index (κ2) is 5.47. The Morgan fingerprint density at radius 3 is 3.17 bits per heavy atom. The fourth-order valence-corrected chi connectivity index (χ4v) is 2.02. The molecule has 18 heavy (non-hydrogen) atoms. The maximum atomic E-state index is 12.3. The molecule has 2 heterocycles. The van der Waals surface area contributed by atoms with E-state index in [0.717, 1.165) is 0 Å². The molecule has 3 N–H and O–H groups in total. The average Bonchev–Trinajstić information content (AvgIpc) is 2.83. The number of carbonyl (C=O) groups excluding carboxylic acids is 1.